The summed E-state index contributed by atoms with van der Waals surface area (Å²) in [6.45, 7) is 11.8. The number of nitrogens with zero attached hydrogens (tertiary/aromatic N) is 3. The number of hydrogen-bond acceptors (Lipinski definition) is 6. The van der Waals surface area contributed by atoms with Crippen LogP contribution in [-0.4, -0.2) is 27.8 Å². The molecular weight excluding hydrogens is 649 g/mol. The van der Waals surface area contributed by atoms with Gasteiger partial charge in [-0.05, 0) is 112 Å². The van der Waals surface area contributed by atoms with E-state index in [-0.39, 0.29) is 18.3 Å². The number of hydrogen-bond donors (Lipinski definition) is 0. The quantitative estimate of drug-likeness (QED) is 0.188. The minimum atomic E-state index is -0.735. The molecule has 3 heterocycles. The van der Waals surface area contributed by atoms with Crippen molar-refractivity contribution in [3.63, 3.8) is 0 Å². The third-order valence-electron chi connectivity index (χ3n) is 6.94. The van der Waals surface area contributed by atoms with Gasteiger partial charge in [-0.25, -0.2) is 9.79 Å². The summed E-state index contributed by atoms with van der Waals surface area (Å²) in [6, 6.07) is 17.2. The van der Waals surface area contributed by atoms with Gasteiger partial charge in [-0.3, -0.25) is 9.36 Å². The number of allylic oxidation sites excluding steroid dienone is 1. The van der Waals surface area contributed by atoms with Crippen molar-refractivity contribution in [1.29, 1.82) is 0 Å². The van der Waals surface area contributed by atoms with Gasteiger partial charge in [-0.2, -0.15) is 0 Å². The molecule has 0 spiro atoms. The third-order valence-corrected chi connectivity index (χ3v) is 8.64. The molecule has 0 saturated heterocycles. The molecule has 0 fully saturated rings. The van der Waals surface area contributed by atoms with Crippen molar-refractivity contribution < 1.29 is 14.3 Å². The summed E-state index contributed by atoms with van der Waals surface area (Å²) in [6.07, 6.45) is 1.83. The molecule has 4 aromatic rings. The standard InChI is InChI=1S/C32H32IN3O4S/c1-7-39-31(38)28-20(5)34-32-36(29(28)25-10-8-9-11-26(25)40-18(2)3)30(37)27(41-32)17-22-16-19(4)35(21(22)6)24-14-12-23(33)13-15-24/h8-18,29H,7H2,1-6H3/b27-17-/t29-/m0/s1. The van der Waals surface area contributed by atoms with Crippen LogP contribution < -0.4 is 19.6 Å². The molecule has 0 unspecified atom stereocenters. The molecule has 9 heteroatoms. The molecule has 0 aliphatic carbocycles. The highest BCUT2D eigenvalue weighted by atomic mass is 127. The van der Waals surface area contributed by atoms with E-state index < -0.39 is 12.0 Å². The molecule has 2 aromatic carbocycles. The minimum absolute atomic E-state index is 0.0913. The maximum atomic E-state index is 14.1. The number of aromatic nitrogens is 2. The lowest BCUT2D eigenvalue weighted by molar-refractivity contribution is -0.139. The second-order valence-electron chi connectivity index (χ2n) is 10.1. The Morgan fingerprint density at radius 2 is 1.83 bits per heavy atom. The monoisotopic (exact) mass is 681 g/mol. The smallest absolute Gasteiger partial charge is 0.338 e. The van der Waals surface area contributed by atoms with Crippen LogP contribution in [0.1, 0.15) is 56.3 Å². The molecule has 7 nitrogen and oxygen atoms in total. The average Bonchev–Trinajstić information content (AvgIpc) is 3.38. The van der Waals surface area contributed by atoms with E-state index in [4.69, 9.17) is 14.5 Å². The van der Waals surface area contributed by atoms with Crippen molar-refractivity contribution >= 4 is 46.0 Å². The Bertz CT molecular complexity index is 1840. The fourth-order valence-corrected chi connectivity index (χ4v) is 6.61. The number of esters is 1. The summed E-state index contributed by atoms with van der Waals surface area (Å²) in [4.78, 5) is 32.7. The van der Waals surface area contributed by atoms with E-state index in [1.165, 1.54) is 14.9 Å². The van der Waals surface area contributed by atoms with Crippen LogP contribution in [0.15, 0.2) is 75.7 Å². The summed E-state index contributed by atoms with van der Waals surface area (Å²) >= 11 is 3.62. The van der Waals surface area contributed by atoms with Gasteiger partial charge in [-0.15, -0.1) is 0 Å². The first-order chi connectivity index (χ1) is 19.6. The molecule has 1 aliphatic rings. The van der Waals surface area contributed by atoms with Crippen LogP contribution >= 0.6 is 33.9 Å². The molecule has 41 heavy (non-hydrogen) atoms. The molecule has 0 N–H and O–H groups in total. The van der Waals surface area contributed by atoms with Gasteiger partial charge < -0.3 is 14.0 Å². The van der Waals surface area contributed by atoms with Crippen LogP contribution in [0.5, 0.6) is 5.75 Å². The lowest BCUT2D eigenvalue weighted by atomic mass is 9.95. The van der Waals surface area contributed by atoms with Gasteiger partial charge in [0.1, 0.15) is 11.8 Å². The molecule has 0 bridgehead atoms. The molecule has 0 radical (unpaired) electrons. The third kappa shape index (κ3) is 5.57. The van der Waals surface area contributed by atoms with Gasteiger partial charge in [0.25, 0.3) is 5.56 Å². The van der Waals surface area contributed by atoms with E-state index in [1.54, 1.807) is 18.4 Å². The summed E-state index contributed by atoms with van der Waals surface area (Å²) in [5, 5.41) is 0. The van der Waals surface area contributed by atoms with Crippen molar-refractivity contribution in [2.45, 2.75) is 53.7 Å². The van der Waals surface area contributed by atoms with E-state index in [0.29, 0.717) is 31.9 Å². The van der Waals surface area contributed by atoms with E-state index in [9.17, 15) is 9.59 Å². The zero-order chi connectivity index (χ0) is 29.4. The second kappa shape index (κ2) is 11.8. The normalized spacial score (nSPS) is 15.2. The van der Waals surface area contributed by atoms with Gasteiger partial charge in [0.05, 0.1) is 28.5 Å². The van der Waals surface area contributed by atoms with E-state index in [0.717, 1.165) is 22.6 Å². The maximum Gasteiger partial charge on any atom is 0.338 e. The van der Waals surface area contributed by atoms with E-state index in [2.05, 4.69) is 71.3 Å². The zero-order valence-electron chi connectivity index (χ0n) is 23.9. The summed E-state index contributed by atoms with van der Waals surface area (Å²) in [7, 11) is 0. The van der Waals surface area contributed by atoms with Crippen molar-refractivity contribution in [2.75, 3.05) is 6.61 Å². The molecular formula is C32H32IN3O4S. The first kappa shape index (κ1) is 29.1. The number of aryl methyl sites for hydroxylation is 1. The van der Waals surface area contributed by atoms with Gasteiger partial charge in [0, 0.05) is 26.2 Å². The summed E-state index contributed by atoms with van der Waals surface area (Å²) in [5.41, 5.74) is 5.48. The van der Waals surface area contributed by atoms with Crippen LogP contribution in [0.2, 0.25) is 0 Å². The zero-order valence-corrected chi connectivity index (χ0v) is 26.9. The Morgan fingerprint density at radius 1 is 1.12 bits per heavy atom. The van der Waals surface area contributed by atoms with Crippen LogP contribution in [0.4, 0.5) is 0 Å². The van der Waals surface area contributed by atoms with Gasteiger partial charge in [-0.1, -0.05) is 29.5 Å². The highest BCUT2D eigenvalue weighted by Gasteiger charge is 2.35. The Kier molecular flexibility index (Phi) is 8.37. The first-order valence-corrected chi connectivity index (χ1v) is 15.4. The fraction of sp³-hybridized carbons (Fsp3) is 0.281. The molecule has 1 atom stereocenters. The molecule has 5 rings (SSSR count). The SMILES string of the molecule is CCOC(=O)C1=C(C)N=c2s/c(=C\c3cc(C)n(-c4ccc(I)cc4)c3C)c(=O)n2[C@H]1c1ccccc1OC(C)C. The van der Waals surface area contributed by atoms with Crippen LogP contribution in [-0.2, 0) is 9.53 Å². The molecule has 0 saturated carbocycles. The van der Waals surface area contributed by atoms with Crippen LogP contribution in [0, 0.1) is 17.4 Å². The average molecular weight is 682 g/mol. The number of rotatable bonds is 7. The summed E-state index contributed by atoms with van der Waals surface area (Å²) < 4.78 is 17.1. The lowest BCUT2D eigenvalue weighted by Gasteiger charge is -2.26. The van der Waals surface area contributed by atoms with Crippen molar-refractivity contribution in [3.8, 4) is 11.4 Å². The number of benzene rings is 2. The maximum absolute atomic E-state index is 14.1. The molecule has 0 amide bonds. The topological polar surface area (TPSA) is 74.8 Å². The second-order valence-corrected chi connectivity index (χ2v) is 12.4. The highest BCUT2D eigenvalue weighted by Crippen LogP contribution is 2.36. The number of fused-ring (bicyclic) bond motifs is 1. The predicted octanol–water partition coefficient (Wildman–Crippen LogP) is 5.60. The van der Waals surface area contributed by atoms with Crippen LogP contribution in [0.25, 0.3) is 11.8 Å². The van der Waals surface area contributed by atoms with E-state index in [1.807, 2.05) is 44.2 Å². The summed E-state index contributed by atoms with van der Waals surface area (Å²) in [5.74, 6) is 0.119. The minimum Gasteiger partial charge on any atom is -0.491 e. The molecule has 212 valence electrons. The number of halogens is 1. The Labute approximate surface area is 256 Å². The Hall–Kier alpha value is -3.44. The first-order valence-electron chi connectivity index (χ1n) is 13.5. The number of carbonyl (C=O) groups excluding carboxylic acids is 1. The largest absolute Gasteiger partial charge is 0.491 e. The number of carbonyl (C=O) groups is 1. The van der Waals surface area contributed by atoms with Crippen LogP contribution in [0.3, 0.4) is 0 Å². The Morgan fingerprint density at radius 3 is 2.51 bits per heavy atom. The van der Waals surface area contributed by atoms with Gasteiger partial charge in [0.15, 0.2) is 4.80 Å². The molecule has 2 aromatic heterocycles. The lowest BCUT2D eigenvalue weighted by Crippen LogP contribution is -2.40. The predicted molar refractivity (Wildman–Crippen MR) is 171 cm³/mol. The van der Waals surface area contributed by atoms with Crippen molar-refractivity contribution in [3.05, 3.63) is 112 Å². The number of thiazole rings is 1. The highest BCUT2D eigenvalue weighted by molar-refractivity contribution is 14.1. The Balaban J connectivity index is 1.71. The van der Waals surface area contributed by atoms with Crippen molar-refractivity contribution in [2.24, 2.45) is 4.99 Å². The number of para-hydroxylation sites is 1. The van der Waals surface area contributed by atoms with Crippen molar-refractivity contribution in [1.82, 2.24) is 9.13 Å². The molecule has 1 aliphatic heterocycles. The van der Waals surface area contributed by atoms with E-state index >= 15 is 0 Å². The van der Waals surface area contributed by atoms with Gasteiger partial charge >= 0.3 is 5.97 Å². The fourth-order valence-electron chi connectivity index (χ4n) is 5.22. The number of ether oxygens (including phenoxy) is 2. The van der Waals surface area contributed by atoms with Gasteiger partial charge in [0.2, 0.25) is 0 Å².